The predicted molar refractivity (Wildman–Crippen MR) is 118 cm³/mol. The Morgan fingerprint density at radius 3 is 2.47 bits per heavy atom. The summed E-state index contributed by atoms with van der Waals surface area (Å²) >= 11 is 0. The van der Waals surface area contributed by atoms with E-state index in [1.165, 1.54) is 36.9 Å². The summed E-state index contributed by atoms with van der Waals surface area (Å²) in [6.07, 6.45) is -1.50. The molecule has 0 amide bonds. The van der Waals surface area contributed by atoms with Crippen molar-refractivity contribution in [2.75, 3.05) is 5.32 Å². The Kier molecular flexibility index (Phi) is 6.24. The molecule has 4 rings (SSSR count). The molecule has 0 saturated heterocycles. The monoisotopic (exact) mass is 480 g/mol. The van der Waals surface area contributed by atoms with E-state index in [1.807, 2.05) is 0 Å². The van der Waals surface area contributed by atoms with Gasteiger partial charge in [-0.3, -0.25) is 9.59 Å². The molecule has 2 aromatic heterocycles. The largest absolute Gasteiger partial charge is 0.419 e. The van der Waals surface area contributed by atoms with Crippen LogP contribution in [-0.2, 0) is 13.2 Å². The summed E-state index contributed by atoms with van der Waals surface area (Å²) in [6.45, 7) is 1.48. The van der Waals surface area contributed by atoms with E-state index in [1.54, 1.807) is 0 Å². The zero-order valence-electron chi connectivity index (χ0n) is 18.6. The summed E-state index contributed by atoms with van der Waals surface area (Å²) in [7, 11) is 1.39. The molecule has 34 heavy (non-hydrogen) atoms. The highest BCUT2D eigenvalue weighted by molar-refractivity contribution is 5.90. The number of benzene rings is 1. The highest BCUT2D eigenvalue weighted by atomic mass is 19.4. The fraction of sp³-hybridized carbons (Fsp3) is 0.435. The molecule has 0 spiro atoms. The maximum Gasteiger partial charge on any atom is 0.419 e. The van der Waals surface area contributed by atoms with Gasteiger partial charge in [0.15, 0.2) is 5.82 Å². The maximum atomic E-state index is 14.7. The van der Waals surface area contributed by atoms with Crippen molar-refractivity contribution >= 4 is 16.6 Å². The van der Waals surface area contributed by atoms with Crippen LogP contribution in [0.5, 0.6) is 0 Å². The smallest absolute Gasteiger partial charge is 0.393 e. The molecule has 7 nitrogen and oxygen atoms in total. The summed E-state index contributed by atoms with van der Waals surface area (Å²) < 4.78 is 56.6. The van der Waals surface area contributed by atoms with Crippen molar-refractivity contribution in [1.29, 1.82) is 0 Å². The van der Waals surface area contributed by atoms with Crippen molar-refractivity contribution in [2.45, 2.75) is 57.0 Å². The fourth-order valence-corrected chi connectivity index (χ4v) is 4.45. The van der Waals surface area contributed by atoms with Gasteiger partial charge in [0.2, 0.25) is 0 Å². The topological polar surface area (TPSA) is 89.2 Å². The minimum atomic E-state index is -4.84. The van der Waals surface area contributed by atoms with Gasteiger partial charge in [-0.05, 0) is 38.7 Å². The molecule has 2 heterocycles. The number of alkyl halides is 3. The third-order valence-electron chi connectivity index (χ3n) is 6.32. The van der Waals surface area contributed by atoms with Crippen LogP contribution in [0, 0.1) is 5.82 Å². The van der Waals surface area contributed by atoms with Crippen LogP contribution in [-0.4, -0.2) is 25.6 Å². The van der Waals surface area contributed by atoms with E-state index < -0.39 is 35.3 Å². The zero-order valence-corrected chi connectivity index (χ0v) is 18.6. The normalized spacial score (nSPS) is 19.9. The number of halogens is 4. The van der Waals surface area contributed by atoms with E-state index >= 15 is 0 Å². The van der Waals surface area contributed by atoms with Crippen molar-refractivity contribution in [3.8, 4) is 0 Å². The van der Waals surface area contributed by atoms with Crippen LogP contribution in [0.15, 0.2) is 40.1 Å². The summed E-state index contributed by atoms with van der Waals surface area (Å²) in [6, 6.07) is 3.16. The van der Waals surface area contributed by atoms with Crippen molar-refractivity contribution < 1.29 is 22.7 Å². The lowest BCUT2D eigenvalue weighted by molar-refractivity contribution is -0.140. The van der Waals surface area contributed by atoms with E-state index in [4.69, 9.17) is 0 Å². The number of aliphatic hydroxyl groups is 1. The Hall–Kier alpha value is -3.21. The van der Waals surface area contributed by atoms with Gasteiger partial charge in [-0.15, -0.1) is 0 Å². The van der Waals surface area contributed by atoms with Crippen molar-refractivity contribution in [3.05, 3.63) is 68.1 Å². The van der Waals surface area contributed by atoms with Crippen LogP contribution in [0.4, 0.5) is 23.4 Å². The summed E-state index contributed by atoms with van der Waals surface area (Å²) in [5.74, 6) is -1.26. The van der Waals surface area contributed by atoms with E-state index in [-0.39, 0.29) is 28.4 Å². The molecule has 182 valence electrons. The quantitative estimate of drug-likeness (QED) is 0.553. The van der Waals surface area contributed by atoms with Gasteiger partial charge in [0.25, 0.3) is 11.1 Å². The van der Waals surface area contributed by atoms with Crippen molar-refractivity contribution in [2.24, 2.45) is 7.05 Å². The first kappa shape index (κ1) is 23.9. The lowest BCUT2D eigenvalue weighted by atomic mass is 9.93. The molecule has 1 atom stereocenters. The van der Waals surface area contributed by atoms with Gasteiger partial charge in [0, 0.05) is 36.3 Å². The third-order valence-corrected chi connectivity index (χ3v) is 6.32. The van der Waals surface area contributed by atoms with Crippen LogP contribution >= 0.6 is 0 Å². The number of hydrogen-bond donors (Lipinski definition) is 2. The molecule has 0 radical (unpaired) electrons. The zero-order chi connectivity index (χ0) is 24.8. The van der Waals surface area contributed by atoms with Crippen molar-refractivity contribution in [1.82, 2.24) is 14.3 Å². The van der Waals surface area contributed by atoms with Gasteiger partial charge in [-0.25, -0.2) is 9.07 Å². The van der Waals surface area contributed by atoms with E-state index in [2.05, 4.69) is 10.4 Å². The van der Waals surface area contributed by atoms with Gasteiger partial charge in [0.1, 0.15) is 5.82 Å². The van der Waals surface area contributed by atoms with Crippen LogP contribution in [0.1, 0.15) is 55.8 Å². The first-order valence-electron chi connectivity index (χ1n) is 10.9. The second-order valence-corrected chi connectivity index (χ2v) is 8.66. The predicted octanol–water partition coefficient (Wildman–Crippen LogP) is 3.90. The molecule has 1 saturated carbocycles. The Bertz CT molecular complexity index is 1340. The van der Waals surface area contributed by atoms with Gasteiger partial charge in [-0.1, -0.05) is 12.1 Å². The molecule has 0 aliphatic heterocycles. The maximum absolute atomic E-state index is 14.7. The van der Waals surface area contributed by atoms with Crippen LogP contribution < -0.4 is 16.4 Å². The molecule has 0 bridgehead atoms. The first-order chi connectivity index (χ1) is 16.0. The highest BCUT2D eigenvalue weighted by Crippen LogP contribution is 2.35. The standard InChI is InChI=1S/C23H24F4N4O3/c1-12(15-4-3-5-18(20(15)24)23(25,26)27)28-21-17-11-31(13-6-8-14(32)9-7-13)19(33)10-16(17)22(34)30(2)29-21/h3-5,10-14,32H,6-9H2,1-2H3,(H,28,29)/t12-,13?,14?/m1/s1. The number of nitrogens with zero attached hydrogens (tertiary/aromatic N) is 3. The summed E-state index contributed by atoms with van der Waals surface area (Å²) in [5.41, 5.74) is -2.47. The number of aryl methyl sites for hydroxylation is 1. The average Bonchev–Trinajstić information content (AvgIpc) is 2.77. The Morgan fingerprint density at radius 2 is 1.82 bits per heavy atom. The Labute approximate surface area is 191 Å². The second kappa shape index (κ2) is 8.86. The highest BCUT2D eigenvalue weighted by Gasteiger charge is 2.35. The minimum absolute atomic E-state index is 0.0915. The second-order valence-electron chi connectivity index (χ2n) is 8.66. The lowest BCUT2D eigenvalue weighted by Gasteiger charge is -2.27. The number of nitrogens with one attached hydrogen (secondary N) is 1. The van der Waals surface area contributed by atoms with E-state index in [9.17, 15) is 32.3 Å². The third kappa shape index (κ3) is 4.44. The number of hydrogen-bond acceptors (Lipinski definition) is 5. The summed E-state index contributed by atoms with van der Waals surface area (Å²) in [4.78, 5) is 25.4. The van der Waals surface area contributed by atoms with Gasteiger partial charge >= 0.3 is 6.18 Å². The first-order valence-corrected chi connectivity index (χ1v) is 10.9. The van der Waals surface area contributed by atoms with E-state index in [0.717, 1.165) is 10.7 Å². The van der Waals surface area contributed by atoms with Crippen molar-refractivity contribution in [3.63, 3.8) is 0 Å². The van der Waals surface area contributed by atoms with Gasteiger partial charge in [-0.2, -0.15) is 18.3 Å². The Balaban J connectivity index is 1.78. The molecular formula is C23H24F4N4O3. The minimum Gasteiger partial charge on any atom is -0.393 e. The Morgan fingerprint density at radius 1 is 1.15 bits per heavy atom. The van der Waals surface area contributed by atoms with Crippen LogP contribution in [0.3, 0.4) is 0 Å². The summed E-state index contributed by atoms with van der Waals surface area (Å²) in [5, 5.41) is 17.3. The van der Waals surface area contributed by atoms with Crippen LogP contribution in [0.2, 0.25) is 0 Å². The van der Waals surface area contributed by atoms with Gasteiger partial charge in [0.05, 0.1) is 23.1 Å². The van der Waals surface area contributed by atoms with Crippen LogP contribution in [0.25, 0.3) is 10.8 Å². The number of rotatable bonds is 4. The molecular weight excluding hydrogens is 456 g/mol. The molecule has 1 fully saturated rings. The number of pyridine rings is 1. The fourth-order valence-electron chi connectivity index (χ4n) is 4.45. The molecule has 3 aromatic rings. The lowest BCUT2D eigenvalue weighted by Crippen LogP contribution is -2.30. The molecule has 2 N–H and O–H groups in total. The molecule has 0 unspecified atom stereocenters. The number of aromatic nitrogens is 3. The molecule has 1 aliphatic carbocycles. The molecule has 1 aromatic carbocycles. The van der Waals surface area contributed by atoms with Gasteiger partial charge < -0.3 is 15.0 Å². The number of aliphatic hydroxyl groups excluding tert-OH is 1. The number of fused-ring (bicyclic) bond motifs is 1. The molecule has 11 heteroatoms. The molecule has 1 aliphatic rings. The SMILES string of the molecule is C[C@@H](Nc1nn(C)c(=O)c2cc(=O)n(C3CCC(O)CC3)cc12)c1cccc(C(F)(F)F)c1F. The number of anilines is 1. The average molecular weight is 480 g/mol. The van der Waals surface area contributed by atoms with E-state index in [0.29, 0.717) is 37.1 Å².